The van der Waals surface area contributed by atoms with Crippen LogP contribution in [-0.4, -0.2) is 67.9 Å². The molecule has 0 amide bonds. The molecule has 22 heavy (non-hydrogen) atoms. The molecule has 0 radical (unpaired) electrons. The Morgan fingerprint density at radius 2 is 1.86 bits per heavy atom. The summed E-state index contributed by atoms with van der Waals surface area (Å²) in [6.07, 6.45) is 1.07. The van der Waals surface area contributed by atoms with Crippen molar-refractivity contribution in [2.75, 3.05) is 52.1 Å². The number of esters is 1. The molecule has 1 aliphatic heterocycles. The van der Waals surface area contributed by atoms with Crippen LogP contribution in [0.2, 0.25) is 0 Å². The van der Waals surface area contributed by atoms with E-state index in [4.69, 9.17) is 4.74 Å². The van der Waals surface area contributed by atoms with Crippen molar-refractivity contribution in [2.45, 2.75) is 11.3 Å². The smallest absolute Gasteiger partial charge is 0.319 e. The van der Waals surface area contributed by atoms with Crippen LogP contribution in [0.1, 0.15) is 6.42 Å². The maximum atomic E-state index is 12.8. The quantitative estimate of drug-likeness (QED) is 0.590. The van der Waals surface area contributed by atoms with Crippen LogP contribution in [0.15, 0.2) is 29.2 Å². The van der Waals surface area contributed by atoms with E-state index in [1.165, 1.54) is 19.2 Å². The molecule has 6 heteroatoms. The van der Waals surface area contributed by atoms with Crippen LogP contribution in [0.4, 0.5) is 4.39 Å². The minimum Gasteiger partial charge on any atom is -0.468 e. The van der Waals surface area contributed by atoms with Gasteiger partial charge in [0.1, 0.15) is 5.82 Å². The molecular formula is C16H23FN2O2S. The van der Waals surface area contributed by atoms with Crippen molar-refractivity contribution >= 4 is 17.7 Å². The van der Waals surface area contributed by atoms with Crippen LogP contribution in [0.5, 0.6) is 0 Å². The molecule has 0 atom stereocenters. The lowest BCUT2D eigenvalue weighted by molar-refractivity contribution is -0.141. The van der Waals surface area contributed by atoms with E-state index in [1.807, 2.05) is 12.1 Å². The van der Waals surface area contributed by atoms with Gasteiger partial charge in [-0.25, -0.2) is 4.39 Å². The van der Waals surface area contributed by atoms with E-state index in [0.717, 1.165) is 49.8 Å². The molecule has 4 nitrogen and oxygen atoms in total. The lowest BCUT2D eigenvalue weighted by atomic mass is 10.4. The number of hydrogen-bond acceptors (Lipinski definition) is 5. The van der Waals surface area contributed by atoms with Crippen molar-refractivity contribution < 1.29 is 13.9 Å². The van der Waals surface area contributed by atoms with Crippen LogP contribution < -0.4 is 0 Å². The van der Waals surface area contributed by atoms with E-state index in [9.17, 15) is 9.18 Å². The van der Waals surface area contributed by atoms with Gasteiger partial charge in [-0.1, -0.05) is 0 Å². The first-order chi connectivity index (χ1) is 10.7. The zero-order chi connectivity index (χ0) is 15.8. The molecule has 0 aliphatic carbocycles. The highest BCUT2D eigenvalue weighted by atomic mass is 32.2. The fourth-order valence-corrected chi connectivity index (χ4v) is 3.39. The van der Waals surface area contributed by atoms with E-state index in [-0.39, 0.29) is 11.8 Å². The predicted octanol–water partition coefficient (Wildman–Crippen LogP) is 2.10. The summed E-state index contributed by atoms with van der Waals surface area (Å²) >= 11 is 1.75. The predicted molar refractivity (Wildman–Crippen MR) is 86.6 cm³/mol. The van der Waals surface area contributed by atoms with Crippen molar-refractivity contribution in [1.29, 1.82) is 0 Å². The fraction of sp³-hybridized carbons (Fsp3) is 0.562. The Morgan fingerprint density at radius 1 is 1.18 bits per heavy atom. The summed E-state index contributed by atoms with van der Waals surface area (Å²) in [6.45, 7) is 5.26. The highest BCUT2D eigenvalue weighted by molar-refractivity contribution is 7.99. The number of rotatable bonds is 6. The standard InChI is InChI=1S/C16H23FN2O2S/c1-21-16(20)13-19-8-2-7-18(9-10-19)11-12-22-15-5-3-14(17)4-6-15/h3-6H,2,7-13H2,1H3. The Hall–Kier alpha value is -1.11. The van der Waals surface area contributed by atoms with Crippen LogP contribution in [0.3, 0.4) is 0 Å². The summed E-state index contributed by atoms with van der Waals surface area (Å²) in [5.74, 6) is 0.630. The molecule has 1 aromatic carbocycles. The SMILES string of the molecule is COC(=O)CN1CCCN(CCSc2ccc(F)cc2)CC1. The number of hydrogen-bond donors (Lipinski definition) is 0. The summed E-state index contributed by atoms with van der Waals surface area (Å²) in [6, 6.07) is 6.64. The number of carbonyl (C=O) groups is 1. The van der Waals surface area contributed by atoms with E-state index >= 15 is 0 Å². The number of carbonyl (C=O) groups excluding carboxylic acids is 1. The number of methoxy groups -OCH3 is 1. The van der Waals surface area contributed by atoms with Gasteiger partial charge in [-0.15, -0.1) is 11.8 Å². The van der Waals surface area contributed by atoms with Crippen LogP contribution in [0.25, 0.3) is 0 Å². The molecule has 0 aromatic heterocycles. The van der Waals surface area contributed by atoms with Gasteiger partial charge in [-0.3, -0.25) is 9.69 Å². The van der Waals surface area contributed by atoms with Crippen molar-refractivity contribution in [3.05, 3.63) is 30.1 Å². The Kier molecular flexibility index (Phi) is 7.15. The highest BCUT2D eigenvalue weighted by Crippen LogP contribution is 2.18. The summed E-state index contributed by atoms with van der Waals surface area (Å²) < 4.78 is 17.6. The second-order valence-corrected chi connectivity index (χ2v) is 6.52. The molecule has 1 saturated heterocycles. The van der Waals surface area contributed by atoms with Crippen LogP contribution in [-0.2, 0) is 9.53 Å². The number of benzene rings is 1. The van der Waals surface area contributed by atoms with Crippen LogP contribution >= 0.6 is 11.8 Å². The van der Waals surface area contributed by atoms with Gasteiger partial charge in [-0.05, 0) is 37.2 Å². The van der Waals surface area contributed by atoms with Gasteiger partial charge >= 0.3 is 5.97 Å². The normalized spacial score (nSPS) is 17.2. The molecule has 1 fully saturated rings. The Labute approximate surface area is 135 Å². The second-order valence-electron chi connectivity index (χ2n) is 5.35. The average molecular weight is 326 g/mol. The summed E-state index contributed by atoms with van der Waals surface area (Å²) in [5.41, 5.74) is 0. The second kappa shape index (κ2) is 9.12. The third-order valence-electron chi connectivity index (χ3n) is 3.75. The summed E-state index contributed by atoms with van der Waals surface area (Å²) in [5, 5.41) is 0. The molecule has 1 aliphatic rings. The minimum atomic E-state index is -0.192. The van der Waals surface area contributed by atoms with Crippen molar-refractivity contribution in [2.24, 2.45) is 0 Å². The van der Waals surface area contributed by atoms with Gasteiger partial charge in [0, 0.05) is 36.8 Å². The lowest BCUT2D eigenvalue weighted by Crippen LogP contribution is -2.35. The molecule has 0 bridgehead atoms. The van der Waals surface area contributed by atoms with Gasteiger partial charge in [0.05, 0.1) is 13.7 Å². The number of halogens is 1. The largest absolute Gasteiger partial charge is 0.468 e. The third kappa shape index (κ3) is 5.94. The van der Waals surface area contributed by atoms with Gasteiger partial charge in [0.2, 0.25) is 0 Å². The maximum Gasteiger partial charge on any atom is 0.319 e. The third-order valence-corrected chi connectivity index (χ3v) is 4.74. The van der Waals surface area contributed by atoms with Gasteiger partial charge in [0.15, 0.2) is 0 Å². The van der Waals surface area contributed by atoms with Gasteiger partial charge in [0.25, 0.3) is 0 Å². The molecule has 122 valence electrons. The van der Waals surface area contributed by atoms with Gasteiger partial charge < -0.3 is 9.64 Å². The first-order valence-corrected chi connectivity index (χ1v) is 8.56. The summed E-state index contributed by atoms with van der Waals surface area (Å²) in [7, 11) is 1.43. The van der Waals surface area contributed by atoms with Crippen LogP contribution in [0, 0.1) is 5.82 Å². The zero-order valence-electron chi connectivity index (χ0n) is 13.0. The number of ether oxygens (including phenoxy) is 1. The first-order valence-electron chi connectivity index (χ1n) is 7.57. The monoisotopic (exact) mass is 326 g/mol. The molecule has 0 unspecified atom stereocenters. The van der Waals surface area contributed by atoms with Crippen molar-refractivity contribution in [3.8, 4) is 0 Å². The number of nitrogens with zero attached hydrogens (tertiary/aromatic N) is 2. The molecule has 0 saturated carbocycles. The molecule has 1 aromatic rings. The Balaban J connectivity index is 1.68. The Morgan fingerprint density at radius 3 is 2.59 bits per heavy atom. The molecule has 2 rings (SSSR count). The van der Waals surface area contributed by atoms with Crippen molar-refractivity contribution in [1.82, 2.24) is 9.80 Å². The first kappa shape index (κ1) is 17.2. The lowest BCUT2D eigenvalue weighted by Gasteiger charge is -2.20. The molecule has 0 spiro atoms. The number of thioether (sulfide) groups is 1. The molecular weight excluding hydrogens is 303 g/mol. The average Bonchev–Trinajstić information content (AvgIpc) is 2.75. The van der Waals surface area contributed by atoms with Crippen molar-refractivity contribution in [3.63, 3.8) is 0 Å². The highest BCUT2D eigenvalue weighted by Gasteiger charge is 2.16. The van der Waals surface area contributed by atoms with Gasteiger partial charge in [-0.2, -0.15) is 0 Å². The van der Waals surface area contributed by atoms with E-state index in [2.05, 4.69) is 9.80 Å². The zero-order valence-corrected chi connectivity index (χ0v) is 13.8. The summed E-state index contributed by atoms with van der Waals surface area (Å²) in [4.78, 5) is 17.0. The molecule has 1 heterocycles. The van der Waals surface area contributed by atoms with E-state index < -0.39 is 0 Å². The Bertz CT molecular complexity index is 470. The fourth-order valence-electron chi connectivity index (χ4n) is 2.48. The minimum absolute atomic E-state index is 0.166. The van der Waals surface area contributed by atoms with E-state index in [1.54, 1.807) is 11.8 Å². The molecule has 0 N–H and O–H groups in total. The topological polar surface area (TPSA) is 32.8 Å². The van der Waals surface area contributed by atoms with E-state index in [0.29, 0.717) is 6.54 Å². The maximum absolute atomic E-state index is 12.8.